The third-order valence-electron chi connectivity index (χ3n) is 2.84. The summed E-state index contributed by atoms with van der Waals surface area (Å²) >= 11 is 1.43. The highest BCUT2D eigenvalue weighted by Gasteiger charge is 2.19. The lowest BCUT2D eigenvalue weighted by molar-refractivity contribution is 0.0607. The van der Waals surface area contributed by atoms with E-state index in [-0.39, 0.29) is 5.97 Å². The number of esters is 1. The van der Waals surface area contributed by atoms with Gasteiger partial charge in [0.25, 0.3) is 0 Å². The first-order valence-electron chi connectivity index (χ1n) is 5.86. The van der Waals surface area contributed by atoms with Crippen molar-refractivity contribution in [3.63, 3.8) is 0 Å². The number of thiophene rings is 1. The Balaban J connectivity index is 2.48. The number of hydrazine groups is 1. The van der Waals surface area contributed by atoms with Crippen LogP contribution in [-0.4, -0.2) is 27.2 Å². The average molecular weight is 276 g/mol. The molecule has 2 rings (SSSR count). The summed E-state index contributed by atoms with van der Waals surface area (Å²) < 4.78 is 4.84. The van der Waals surface area contributed by atoms with Crippen molar-refractivity contribution < 1.29 is 9.53 Å². The first-order valence-corrected chi connectivity index (χ1v) is 6.67. The number of ether oxygens (including phenoxy) is 1. The highest BCUT2D eigenvalue weighted by atomic mass is 32.1. The fourth-order valence-corrected chi connectivity index (χ4v) is 2.85. The summed E-state index contributed by atoms with van der Waals surface area (Å²) in [5, 5.41) is 1.80. The number of rotatable bonds is 4. The van der Waals surface area contributed by atoms with E-state index >= 15 is 0 Å². The van der Waals surface area contributed by atoms with Crippen LogP contribution < -0.4 is 10.4 Å². The summed E-state index contributed by atoms with van der Waals surface area (Å²) in [6, 6.07) is 12.0. The molecule has 0 saturated heterocycles. The smallest absolute Gasteiger partial charge is 0.350 e. The molecule has 5 heteroatoms. The Morgan fingerprint density at radius 2 is 2.00 bits per heavy atom. The first kappa shape index (κ1) is 13.6. The predicted molar refractivity (Wildman–Crippen MR) is 78.6 cm³/mol. The highest BCUT2D eigenvalue weighted by Crippen LogP contribution is 2.36. The van der Waals surface area contributed by atoms with Crippen molar-refractivity contribution in [3.05, 3.63) is 41.3 Å². The zero-order chi connectivity index (χ0) is 13.8. The van der Waals surface area contributed by atoms with Crippen molar-refractivity contribution in [1.82, 2.24) is 5.43 Å². The molecule has 2 aromatic rings. The zero-order valence-corrected chi connectivity index (χ0v) is 12.0. The molecule has 1 heterocycles. The van der Waals surface area contributed by atoms with E-state index < -0.39 is 0 Å². The molecule has 0 amide bonds. The number of carbonyl (C=O) groups excluding carboxylic acids is 1. The van der Waals surface area contributed by atoms with Gasteiger partial charge in [0.15, 0.2) is 0 Å². The van der Waals surface area contributed by atoms with Crippen molar-refractivity contribution in [2.75, 3.05) is 26.2 Å². The maximum atomic E-state index is 11.8. The molecule has 4 nitrogen and oxygen atoms in total. The molecule has 0 unspecified atom stereocenters. The van der Waals surface area contributed by atoms with Gasteiger partial charge in [0.05, 0.1) is 12.8 Å². The standard InChI is InChI=1S/C14H16N2O2S/c1-15-16(2)11-9-12(10-7-5-4-6-8-10)19-13(11)14(17)18-3/h4-9,15H,1-3H3. The third kappa shape index (κ3) is 2.77. The minimum atomic E-state index is -0.315. The number of hydrogen-bond acceptors (Lipinski definition) is 5. The quantitative estimate of drug-likeness (QED) is 0.688. The topological polar surface area (TPSA) is 41.6 Å². The number of anilines is 1. The Morgan fingerprint density at radius 1 is 1.32 bits per heavy atom. The molecule has 0 aliphatic carbocycles. The van der Waals surface area contributed by atoms with Crippen LogP contribution in [-0.2, 0) is 4.74 Å². The number of benzene rings is 1. The molecular formula is C14H16N2O2S. The Bertz CT molecular complexity index is 566. The summed E-state index contributed by atoms with van der Waals surface area (Å²) in [6.07, 6.45) is 0. The molecule has 1 aromatic carbocycles. The second-order valence-electron chi connectivity index (χ2n) is 3.97. The monoisotopic (exact) mass is 276 g/mol. The van der Waals surface area contributed by atoms with E-state index in [1.54, 1.807) is 12.1 Å². The number of nitrogens with zero attached hydrogens (tertiary/aromatic N) is 1. The molecule has 0 saturated carbocycles. The van der Waals surface area contributed by atoms with E-state index in [2.05, 4.69) is 5.43 Å². The molecule has 0 aliphatic heterocycles. The van der Waals surface area contributed by atoms with Gasteiger partial charge in [-0.05, 0) is 11.6 Å². The first-order chi connectivity index (χ1) is 9.17. The van der Waals surface area contributed by atoms with Crippen LogP contribution in [0.25, 0.3) is 10.4 Å². The maximum absolute atomic E-state index is 11.8. The lowest BCUT2D eigenvalue weighted by atomic mass is 10.2. The predicted octanol–water partition coefficient (Wildman–Crippen LogP) is 2.77. The number of nitrogens with one attached hydrogen (secondary N) is 1. The van der Waals surface area contributed by atoms with E-state index in [9.17, 15) is 4.79 Å². The SMILES string of the molecule is CNN(C)c1cc(-c2ccccc2)sc1C(=O)OC. The minimum absolute atomic E-state index is 0.315. The van der Waals surface area contributed by atoms with Gasteiger partial charge in [-0.25, -0.2) is 10.2 Å². The second-order valence-corrected chi connectivity index (χ2v) is 5.02. The summed E-state index contributed by atoms with van der Waals surface area (Å²) in [4.78, 5) is 13.5. The third-order valence-corrected chi connectivity index (χ3v) is 3.99. The van der Waals surface area contributed by atoms with Crippen LogP contribution >= 0.6 is 11.3 Å². The normalized spacial score (nSPS) is 10.3. The second kappa shape index (κ2) is 5.86. The van der Waals surface area contributed by atoms with Gasteiger partial charge in [0.2, 0.25) is 0 Å². The van der Waals surface area contributed by atoms with Gasteiger partial charge in [-0.2, -0.15) is 0 Å². The van der Waals surface area contributed by atoms with Crippen LogP contribution in [0.4, 0.5) is 5.69 Å². The van der Waals surface area contributed by atoms with Crippen LogP contribution in [0.2, 0.25) is 0 Å². The van der Waals surface area contributed by atoms with Crippen molar-refractivity contribution in [3.8, 4) is 10.4 Å². The lowest BCUT2D eigenvalue weighted by Crippen LogP contribution is -2.31. The molecule has 1 N–H and O–H groups in total. The number of hydrogen-bond donors (Lipinski definition) is 1. The average Bonchev–Trinajstić information content (AvgIpc) is 2.91. The van der Waals surface area contributed by atoms with E-state index in [0.29, 0.717) is 4.88 Å². The van der Waals surface area contributed by atoms with Gasteiger partial charge in [0.1, 0.15) is 4.88 Å². The molecule has 0 radical (unpaired) electrons. The van der Waals surface area contributed by atoms with E-state index in [4.69, 9.17) is 4.74 Å². The van der Waals surface area contributed by atoms with Crippen molar-refractivity contribution in [2.45, 2.75) is 0 Å². The fourth-order valence-electron chi connectivity index (χ4n) is 1.73. The number of carbonyl (C=O) groups is 1. The Hall–Kier alpha value is -1.85. The van der Waals surface area contributed by atoms with Gasteiger partial charge in [-0.3, -0.25) is 0 Å². The number of methoxy groups -OCH3 is 1. The molecule has 19 heavy (non-hydrogen) atoms. The van der Waals surface area contributed by atoms with E-state index in [1.807, 2.05) is 43.4 Å². The molecule has 0 atom stereocenters. The summed E-state index contributed by atoms with van der Waals surface area (Å²) in [5.74, 6) is -0.315. The summed E-state index contributed by atoms with van der Waals surface area (Å²) in [6.45, 7) is 0. The molecule has 0 aliphatic rings. The van der Waals surface area contributed by atoms with Gasteiger partial charge in [-0.15, -0.1) is 11.3 Å². The molecule has 0 bridgehead atoms. The van der Waals surface area contributed by atoms with Gasteiger partial charge in [0, 0.05) is 19.0 Å². The van der Waals surface area contributed by atoms with Crippen LogP contribution in [0.1, 0.15) is 9.67 Å². The van der Waals surface area contributed by atoms with Crippen LogP contribution in [0.3, 0.4) is 0 Å². The van der Waals surface area contributed by atoms with E-state index in [1.165, 1.54) is 18.4 Å². The minimum Gasteiger partial charge on any atom is -0.465 e. The molecule has 0 fully saturated rings. The van der Waals surface area contributed by atoms with Crippen LogP contribution in [0.15, 0.2) is 36.4 Å². The lowest BCUT2D eigenvalue weighted by Gasteiger charge is -2.16. The Morgan fingerprint density at radius 3 is 2.58 bits per heavy atom. The van der Waals surface area contributed by atoms with Crippen LogP contribution in [0.5, 0.6) is 0 Å². The zero-order valence-electron chi connectivity index (χ0n) is 11.1. The maximum Gasteiger partial charge on any atom is 0.350 e. The largest absolute Gasteiger partial charge is 0.465 e. The van der Waals surface area contributed by atoms with Gasteiger partial charge >= 0.3 is 5.97 Å². The summed E-state index contributed by atoms with van der Waals surface area (Å²) in [7, 11) is 5.07. The fraction of sp³-hybridized carbons (Fsp3) is 0.214. The highest BCUT2D eigenvalue weighted by molar-refractivity contribution is 7.18. The molecule has 100 valence electrons. The van der Waals surface area contributed by atoms with Gasteiger partial charge in [-0.1, -0.05) is 30.3 Å². The van der Waals surface area contributed by atoms with Crippen LogP contribution in [0, 0.1) is 0 Å². The molecule has 0 spiro atoms. The molecular weight excluding hydrogens is 260 g/mol. The summed E-state index contributed by atoms with van der Waals surface area (Å²) in [5.41, 5.74) is 4.91. The van der Waals surface area contributed by atoms with Crippen molar-refractivity contribution in [2.24, 2.45) is 0 Å². The van der Waals surface area contributed by atoms with Gasteiger partial charge < -0.3 is 9.75 Å². The Labute approximate surface area is 116 Å². The van der Waals surface area contributed by atoms with E-state index in [0.717, 1.165) is 16.1 Å². The molecule has 1 aromatic heterocycles. The van der Waals surface area contributed by atoms with Crippen molar-refractivity contribution in [1.29, 1.82) is 0 Å². The van der Waals surface area contributed by atoms with Crippen molar-refractivity contribution >= 4 is 23.0 Å². The Kier molecular flexibility index (Phi) is 4.19.